The second kappa shape index (κ2) is 7.11. The van der Waals surface area contributed by atoms with Crippen molar-refractivity contribution < 1.29 is 14.3 Å². The van der Waals surface area contributed by atoms with Crippen LogP contribution in [-0.2, 0) is 17.6 Å². The highest BCUT2D eigenvalue weighted by atomic mass is 35.5. The van der Waals surface area contributed by atoms with E-state index in [0.717, 1.165) is 29.0 Å². The SMILES string of the molecule is O=C(Cc1ccc(Cl)cc1Cl)NCCc1ccc2c(c1)OCO2. The van der Waals surface area contributed by atoms with Gasteiger partial charge in [-0.15, -0.1) is 0 Å². The van der Waals surface area contributed by atoms with Crippen molar-refractivity contribution in [3.05, 3.63) is 57.6 Å². The summed E-state index contributed by atoms with van der Waals surface area (Å²) in [4.78, 5) is 12.0. The van der Waals surface area contributed by atoms with E-state index in [1.165, 1.54) is 0 Å². The number of carbonyl (C=O) groups excluding carboxylic acids is 1. The molecule has 1 aliphatic heterocycles. The molecule has 2 aromatic rings. The van der Waals surface area contributed by atoms with Gasteiger partial charge in [-0.3, -0.25) is 4.79 Å². The first-order valence-electron chi connectivity index (χ1n) is 7.21. The predicted octanol–water partition coefficient (Wildman–Crippen LogP) is 3.62. The molecule has 0 fully saturated rings. The van der Waals surface area contributed by atoms with Crippen LogP contribution in [0.3, 0.4) is 0 Å². The van der Waals surface area contributed by atoms with E-state index in [0.29, 0.717) is 16.6 Å². The Labute approximate surface area is 144 Å². The molecule has 0 radical (unpaired) electrons. The topological polar surface area (TPSA) is 47.6 Å². The zero-order chi connectivity index (χ0) is 16.2. The number of hydrogen-bond acceptors (Lipinski definition) is 3. The summed E-state index contributed by atoms with van der Waals surface area (Å²) in [6, 6.07) is 10.9. The number of nitrogens with one attached hydrogen (secondary N) is 1. The minimum Gasteiger partial charge on any atom is -0.454 e. The Morgan fingerprint density at radius 2 is 1.91 bits per heavy atom. The summed E-state index contributed by atoms with van der Waals surface area (Å²) in [7, 11) is 0. The fourth-order valence-electron chi connectivity index (χ4n) is 2.34. The summed E-state index contributed by atoms with van der Waals surface area (Å²) in [5.41, 5.74) is 1.84. The number of benzene rings is 2. The third-order valence-electron chi connectivity index (χ3n) is 3.54. The fourth-order valence-corrected chi connectivity index (χ4v) is 2.82. The van der Waals surface area contributed by atoms with Crippen molar-refractivity contribution >= 4 is 29.1 Å². The monoisotopic (exact) mass is 351 g/mol. The molecule has 0 aromatic heterocycles. The van der Waals surface area contributed by atoms with Crippen LogP contribution < -0.4 is 14.8 Å². The molecule has 0 bridgehead atoms. The molecule has 0 saturated heterocycles. The lowest BCUT2D eigenvalue weighted by atomic mass is 10.1. The van der Waals surface area contributed by atoms with Crippen LogP contribution in [0.5, 0.6) is 11.5 Å². The molecule has 1 heterocycles. The van der Waals surface area contributed by atoms with Crippen LogP contribution >= 0.6 is 23.2 Å². The summed E-state index contributed by atoms with van der Waals surface area (Å²) >= 11 is 11.9. The maximum Gasteiger partial charge on any atom is 0.231 e. The van der Waals surface area contributed by atoms with Gasteiger partial charge >= 0.3 is 0 Å². The number of ether oxygens (including phenoxy) is 2. The van der Waals surface area contributed by atoms with Gasteiger partial charge < -0.3 is 14.8 Å². The molecule has 4 nitrogen and oxygen atoms in total. The number of fused-ring (bicyclic) bond motifs is 1. The molecular weight excluding hydrogens is 337 g/mol. The number of hydrogen-bond donors (Lipinski definition) is 1. The predicted molar refractivity (Wildman–Crippen MR) is 89.4 cm³/mol. The first-order valence-corrected chi connectivity index (χ1v) is 7.96. The maximum atomic E-state index is 12.0. The van der Waals surface area contributed by atoms with Crippen molar-refractivity contribution in [2.45, 2.75) is 12.8 Å². The molecule has 0 spiro atoms. The average molecular weight is 352 g/mol. The van der Waals surface area contributed by atoms with E-state index in [1.807, 2.05) is 18.2 Å². The van der Waals surface area contributed by atoms with E-state index in [4.69, 9.17) is 32.7 Å². The van der Waals surface area contributed by atoms with Gasteiger partial charge in [0.25, 0.3) is 0 Å². The van der Waals surface area contributed by atoms with Gasteiger partial charge in [0.15, 0.2) is 11.5 Å². The first-order chi connectivity index (χ1) is 11.1. The van der Waals surface area contributed by atoms with E-state index in [-0.39, 0.29) is 19.1 Å². The Balaban J connectivity index is 1.49. The Kier molecular flexibility index (Phi) is 4.94. The lowest BCUT2D eigenvalue weighted by molar-refractivity contribution is -0.120. The normalized spacial score (nSPS) is 12.3. The third kappa shape index (κ3) is 4.09. The summed E-state index contributed by atoms with van der Waals surface area (Å²) in [6.07, 6.45) is 0.952. The smallest absolute Gasteiger partial charge is 0.231 e. The standard InChI is InChI=1S/C17H15Cl2NO3/c18-13-3-2-12(14(19)9-13)8-17(21)20-6-5-11-1-4-15-16(7-11)23-10-22-15/h1-4,7,9H,5-6,8,10H2,(H,20,21). The van der Waals surface area contributed by atoms with Crippen molar-refractivity contribution in [1.82, 2.24) is 5.32 Å². The molecule has 0 unspecified atom stereocenters. The Bertz CT molecular complexity index is 734. The summed E-state index contributed by atoms with van der Waals surface area (Å²) < 4.78 is 10.6. The molecule has 1 amide bonds. The minimum atomic E-state index is -0.0741. The van der Waals surface area contributed by atoms with E-state index in [2.05, 4.69) is 5.32 Å². The van der Waals surface area contributed by atoms with Crippen molar-refractivity contribution in [3.8, 4) is 11.5 Å². The van der Waals surface area contributed by atoms with Crippen LogP contribution in [0.1, 0.15) is 11.1 Å². The van der Waals surface area contributed by atoms with Gasteiger partial charge in [-0.2, -0.15) is 0 Å². The van der Waals surface area contributed by atoms with Gasteiger partial charge in [0.1, 0.15) is 0 Å². The van der Waals surface area contributed by atoms with Crippen molar-refractivity contribution in [2.24, 2.45) is 0 Å². The van der Waals surface area contributed by atoms with Gasteiger partial charge in [-0.1, -0.05) is 35.3 Å². The highest BCUT2D eigenvalue weighted by Gasteiger charge is 2.13. The Hall–Kier alpha value is -1.91. The summed E-state index contributed by atoms with van der Waals surface area (Å²) in [5, 5.41) is 3.95. The molecule has 6 heteroatoms. The Morgan fingerprint density at radius 1 is 1.09 bits per heavy atom. The second-order valence-corrected chi connectivity index (χ2v) is 6.04. The second-order valence-electron chi connectivity index (χ2n) is 5.20. The molecule has 0 saturated carbocycles. The van der Waals surface area contributed by atoms with Gasteiger partial charge in [0.05, 0.1) is 6.42 Å². The molecule has 0 aliphatic carbocycles. The molecule has 0 atom stereocenters. The van der Waals surface area contributed by atoms with Gasteiger partial charge in [0.2, 0.25) is 12.7 Å². The van der Waals surface area contributed by atoms with Crippen molar-refractivity contribution in [1.29, 1.82) is 0 Å². The van der Waals surface area contributed by atoms with Crippen molar-refractivity contribution in [2.75, 3.05) is 13.3 Å². The van der Waals surface area contributed by atoms with Crippen molar-refractivity contribution in [3.63, 3.8) is 0 Å². The molecule has 3 rings (SSSR count). The molecule has 1 aliphatic rings. The highest BCUT2D eigenvalue weighted by molar-refractivity contribution is 6.35. The first kappa shape index (κ1) is 16.0. The number of carbonyl (C=O) groups is 1. The lowest BCUT2D eigenvalue weighted by Gasteiger charge is -2.07. The maximum absolute atomic E-state index is 12.0. The van der Waals surface area contributed by atoms with Crippen LogP contribution in [0, 0.1) is 0 Å². The molecule has 23 heavy (non-hydrogen) atoms. The Morgan fingerprint density at radius 3 is 2.74 bits per heavy atom. The zero-order valence-electron chi connectivity index (χ0n) is 12.3. The molecule has 2 aromatic carbocycles. The summed E-state index contributed by atoms with van der Waals surface area (Å²) in [6.45, 7) is 0.807. The zero-order valence-corrected chi connectivity index (χ0v) is 13.8. The van der Waals surface area contributed by atoms with Crippen LogP contribution in [-0.4, -0.2) is 19.2 Å². The lowest BCUT2D eigenvalue weighted by Crippen LogP contribution is -2.27. The summed E-state index contributed by atoms with van der Waals surface area (Å²) in [5.74, 6) is 1.44. The largest absolute Gasteiger partial charge is 0.454 e. The van der Waals surface area contributed by atoms with Crippen LogP contribution in [0.4, 0.5) is 0 Å². The molecule has 1 N–H and O–H groups in total. The van der Waals surface area contributed by atoms with Crippen LogP contribution in [0.2, 0.25) is 10.0 Å². The number of rotatable bonds is 5. The van der Waals surface area contributed by atoms with E-state index >= 15 is 0 Å². The van der Waals surface area contributed by atoms with Gasteiger partial charge in [-0.05, 0) is 41.8 Å². The van der Waals surface area contributed by atoms with E-state index < -0.39 is 0 Å². The quantitative estimate of drug-likeness (QED) is 0.894. The minimum absolute atomic E-state index is 0.0741. The van der Waals surface area contributed by atoms with E-state index in [9.17, 15) is 4.79 Å². The van der Waals surface area contributed by atoms with E-state index in [1.54, 1.807) is 18.2 Å². The number of halogens is 2. The fraction of sp³-hybridized carbons (Fsp3) is 0.235. The molecule has 120 valence electrons. The van der Waals surface area contributed by atoms with Crippen LogP contribution in [0.25, 0.3) is 0 Å². The average Bonchev–Trinajstić information content (AvgIpc) is 2.98. The third-order valence-corrected chi connectivity index (χ3v) is 4.13. The van der Waals surface area contributed by atoms with Gasteiger partial charge in [-0.25, -0.2) is 0 Å². The van der Waals surface area contributed by atoms with Crippen LogP contribution in [0.15, 0.2) is 36.4 Å². The number of amides is 1. The van der Waals surface area contributed by atoms with Gasteiger partial charge in [0, 0.05) is 16.6 Å². The highest BCUT2D eigenvalue weighted by Crippen LogP contribution is 2.32. The molecular formula is C17H15Cl2NO3.